The summed E-state index contributed by atoms with van der Waals surface area (Å²) in [6, 6.07) is 0. The number of unbranched alkanes of at least 4 members (excludes halogenated alkanes) is 43. The highest BCUT2D eigenvalue weighted by molar-refractivity contribution is 7.47. The van der Waals surface area contributed by atoms with Crippen LogP contribution in [0.1, 0.15) is 375 Å². The lowest BCUT2D eigenvalue weighted by molar-refractivity contribution is -0.161. The van der Waals surface area contributed by atoms with Gasteiger partial charge in [-0.2, -0.15) is 0 Å². The zero-order valence-electron chi connectivity index (χ0n) is 59.0. The molecule has 0 aromatic heterocycles. The van der Waals surface area contributed by atoms with Gasteiger partial charge in [0.2, 0.25) is 0 Å². The van der Waals surface area contributed by atoms with Crippen LogP contribution >= 0.6 is 15.6 Å². The SMILES string of the molecule is CCCCCCCCCCCCCCCCCCCCCCCC(=O)O[C@H](COC(=O)CCCCCCCCCCC(C)CC)COP(=O)(O)OC[C@@H](O)COP(=O)(O)OC[C@@H](COC(=O)CCCCCCCCC)OC(=O)CCCCCCCCCCCCC. The summed E-state index contributed by atoms with van der Waals surface area (Å²) in [6.07, 6.45) is 52.9. The molecule has 17 nitrogen and oxygen atoms in total. The first kappa shape index (κ1) is 89.1. The number of esters is 4. The molecule has 0 aliphatic rings. The molecule has 91 heavy (non-hydrogen) atoms. The van der Waals surface area contributed by atoms with Crippen LogP contribution < -0.4 is 0 Å². The van der Waals surface area contributed by atoms with Crippen LogP contribution in [0, 0.1) is 5.92 Å². The van der Waals surface area contributed by atoms with Gasteiger partial charge < -0.3 is 33.8 Å². The second kappa shape index (κ2) is 65.4. The van der Waals surface area contributed by atoms with Crippen LogP contribution in [0.15, 0.2) is 0 Å². The molecule has 0 aliphatic heterocycles. The van der Waals surface area contributed by atoms with Gasteiger partial charge in [-0.05, 0) is 31.6 Å². The summed E-state index contributed by atoms with van der Waals surface area (Å²) in [6.45, 7) is 7.21. The molecule has 0 aromatic carbocycles. The summed E-state index contributed by atoms with van der Waals surface area (Å²) >= 11 is 0. The molecular weight excluding hydrogens is 1200 g/mol. The Kier molecular flexibility index (Phi) is 64.0. The number of hydrogen-bond acceptors (Lipinski definition) is 15. The maximum Gasteiger partial charge on any atom is 0.472 e. The number of aliphatic hydroxyl groups is 1. The van der Waals surface area contributed by atoms with Crippen LogP contribution in [0.3, 0.4) is 0 Å². The Balaban J connectivity index is 5.14. The van der Waals surface area contributed by atoms with Crippen LogP contribution in [0.2, 0.25) is 0 Å². The van der Waals surface area contributed by atoms with Gasteiger partial charge in [0.15, 0.2) is 12.2 Å². The highest BCUT2D eigenvalue weighted by atomic mass is 31.2. The first-order chi connectivity index (χ1) is 44.1. The lowest BCUT2D eigenvalue weighted by Gasteiger charge is -2.21. The van der Waals surface area contributed by atoms with E-state index >= 15 is 0 Å². The largest absolute Gasteiger partial charge is 0.472 e. The molecule has 0 bridgehead atoms. The zero-order chi connectivity index (χ0) is 67.0. The second-order valence-corrected chi connectivity index (χ2v) is 29.1. The van der Waals surface area contributed by atoms with E-state index in [0.29, 0.717) is 25.7 Å². The van der Waals surface area contributed by atoms with E-state index in [1.165, 1.54) is 186 Å². The summed E-state index contributed by atoms with van der Waals surface area (Å²) in [5.74, 6) is -1.35. The van der Waals surface area contributed by atoms with Gasteiger partial charge >= 0.3 is 39.5 Å². The number of phosphoric acid groups is 2. The van der Waals surface area contributed by atoms with Crippen molar-refractivity contribution in [2.75, 3.05) is 39.6 Å². The normalized spacial score (nSPS) is 14.3. The fourth-order valence-corrected chi connectivity index (χ4v) is 12.5. The first-order valence-electron chi connectivity index (χ1n) is 37.7. The van der Waals surface area contributed by atoms with E-state index in [2.05, 4.69) is 34.6 Å². The Morgan fingerprint density at radius 3 is 0.780 bits per heavy atom. The molecular formula is C72H140O17P2. The highest BCUT2D eigenvalue weighted by Crippen LogP contribution is 2.45. The fourth-order valence-electron chi connectivity index (χ4n) is 11.0. The van der Waals surface area contributed by atoms with Crippen molar-refractivity contribution in [1.82, 2.24) is 0 Å². The lowest BCUT2D eigenvalue weighted by atomic mass is 9.99. The predicted molar refractivity (Wildman–Crippen MR) is 368 cm³/mol. The van der Waals surface area contributed by atoms with Gasteiger partial charge in [-0.3, -0.25) is 37.3 Å². The number of ether oxygens (including phenoxy) is 4. The molecule has 0 heterocycles. The minimum Gasteiger partial charge on any atom is -0.462 e. The van der Waals surface area contributed by atoms with E-state index in [0.717, 1.165) is 109 Å². The molecule has 0 amide bonds. The molecule has 3 unspecified atom stereocenters. The van der Waals surface area contributed by atoms with Gasteiger partial charge in [0.25, 0.3) is 0 Å². The van der Waals surface area contributed by atoms with Gasteiger partial charge in [0.1, 0.15) is 19.3 Å². The van der Waals surface area contributed by atoms with E-state index < -0.39 is 97.5 Å². The van der Waals surface area contributed by atoms with Crippen molar-refractivity contribution < 1.29 is 80.2 Å². The number of hydrogen-bond donors (Lipinski definition) is 3. The van der Waals surface area contributed by atoms with Gasteiger partial charge in [0, 0.05) is 25.7 Å². The van der Waals surface area contributed by atoms with Crippen molar-refractivity contribution in [3.63, 3.8) is 0 Å². The van der Waals surface area contributed by atoms with E-state index in [-0.39, 0.29) is 25.7 Å². The van der Waals surface area contributed by atoms with Crippen molar-refractivity contribution in [2.45, 2.75) is 393 Å². The van der Waals surface area contributed by atoms with Crippen molar-refractivity contribution in [1.29, 1.82) is 0 Å². The summed E-state index contributed by atoms with van der Waals surface area (Å²) < 4.78 is 68.2. The van der Waals surface area contributed by atoms with Gasteiger partial charge in [-0.1, -0.05) is 324 Å². The van der Waals surface area contributed by atoms with Crippen molar-refractivity contribution in [3.8, 4) is 0 Å². The molecule has 6 atom stereocenters. The average molecular weight is 1340 g/mol. The summed E-state index contributed by atoms with van der Waals surface area (Å²) in [5, 5.41) is 10.6. The Morgan fingerprint density at radius 2 is 0.527 bits per heavy atom. The molecule has 19 heteroatoms. The van der Waals surface area contributed by atoms with Gasteiger partial charge in [-0.15, -0.1) is 0 Å². The maximum atomic E-state index is 13.0. The van der Waals surface area contributed by atoms with Crippen molar-refractivity contribution in [2.24, 2.45) is 5.92 Å². The number of carbonyl (C=O) groups excluding carboxylic acids is 4. The number of rotatable bonds is 72. The van der Waals surface area contributed by atoms with Crippen molar-refractivity contribution in [3.05, 3.63) is 0 Å². The summed E-state index contributed by atoms with van der Waals surface area (Å²) in [5.41, 5.74) is 0. The van der Waals surface area contributed by atoms with E-state index in [9.17, 15) is 43.2 Å². The molecule has 0 aliphatic carbocycles. The third-order valence-corrected chi connectivity index (χ3v) is 19.0. The lowest BCUT2D eigenvalue weighted by Crippen LogP contribution is -2.30. The highest BCUT2D eigenvalue weighted by Gasteiger charge is 2.30. The number of carbonyl (C=O) groups is 4. The Bertz CT molecular complexity index is 1760. The van der Waals surface area contributed by atoms with Gasteiger partial charge in [-0.25, -0.2) is 9.13 Å². The zero-order valence-corrected chi connectivity index (χ0v) is 60.8. The van der Waals surface area contributed by atoms with Crippen LogP contribution in [0.25, 0.3) is 0 Å². The molecule has 540 valence electrons. The molecule has 3 N–H and O–H groups in total. The third kappa shape index (κ3) is 65.1. The van der Waals surface area contributed by atoms with Crippen molar-refractivity contribution >= 4 is 39.5 Å². The molecule has 0 radical (unpaired) electrons. The number of aliphatic hydroxyl groups excluding tert-OH is 1. The average Bonchev–Trinajstić information content (AvgIpc) is 3.19. The summed E-state index contributed by atoms with van der Waals surface area (Å²) in [7, 11) is -9.89. The van der Waals surface area contributed by atoms with Crippen LogP contribution in [0.4, 0.5) is 0 Å². The van der Waals surface area contributed by atoms with Crippen LogP contribution in [-0.2, 0) is 65.4 Å². The molecule has 0 fully saturated rings. The maximum absolute atomic E-state index is 13.0. The minimum atomic E-state index is -4.95. The Labute approximate surface area is 556 Å². The van der Waals surface area contributed by atoms with Crippen LogP contribution in [0.5, 0.6) is 0 Å². The van der Waals surface area contributed by atoms with E-state index in [1.807, 2.05) is 0 Å². The third-order valence-electron chi connectivity index (χ3n) is 17.1. The second-order valence-electron chi connectivity index (χ2n) is 26.2. The number of phosphoric ester groups is 2. The van der Waals surface area contributed by atoms with Gasteiger partial charge in [0.05, 0.1) is 26.4 Å². The molecule has 0 aromatic rings. The van der Waals surface area contributed by atoms with E-state index in [1.54, 1.807) is 0 Å². The topological polar surface area (TPSA) is 237 Å². The molecule has 0 saturated carbocycles. The fraction of sp³-hybridized carbons (Fsp3) is 0.944. The Hall–Kier alpha value is -1.94. The molecule has 0 saturated heterocycles. The predicted octanol–water partition coefficient (Wildman–Crippen LogP) is 20.9. The smallest absolute Gasteiger partial charge is 0.462 e. The minimum absolute atomic E-state index is 0.107. The van der Waals surface area contributed by atoms with E-state index in [4.69, 9.17) is 37.0 Å². The van der Waals surface area contributed by atoms with Crippen LogP contribution in [-0.4, -0.2) is 96.7 Å². The monoisotopic (exact) mass is 1340 g/mol. The quantitative estimate of drug-likeness (QED) is 0.0222. The Morgan fingerprint density at radius 1 is 0.308 bits per heavy atom. The standard InChI is InChI=1S/C72H140O17P2/c1-6-10-13-16-19-21-23-24-25-26-27-28-29-30-31-32-34-36-43-48-53-58-72(77)89-68(62-83-70(75)56-51-46-41-38-37-40-44-49-54-65(5)9-4)64-87-91(80,81)85-60-66(73)59-84-90(78,79)86-63-67(61-82-69(74)55-50-45-39-18-15-12-8-3)88-71(76)57-52-47-42-35-33-22-20-17-14-11-7-2/h65-68,73H,6-64H2,1-5H3,(H,78,79)(H,80,81)/t65?,66-,67+,68+/m0/s1. The molecule has 0 rings (SSSR count). The molecule has 0 spiro atoms. The summed E-state index contributed by atoms with van der Waals surface area (Å²) in [4.78, 5) is 72.4. The first-order valence-corrected chi connectivity index (χ1v) is 40.7.